The van der Waals surface area contributed by atoms with Gasteiger partial charge in [-0.3, -0.25) is 0 Å². The van der Waals surface area contributed by atoms with Crippen LogP contribution in [0.4, 0.5) is 5.69 Å². The minimum absolute atomic E-state index is 0.549. The number of benzene rings is 1. The minimum atomic E-state index is 0.549. The predicted octanol–water partition coefficient (Wildman–Crippen LogP) is 3.20. The summed E-state index contributed by atoms with van der Waals surface area (Å²) in [6, 6.07) is 7.25. The van der Waals surface area contributed by atoms with Gasteiger partial charge < -0.3 is 10.2 Å². The van der Waals surface area contributed by atoms with Crippen molar-refractivity contribution < 1.29 is 0 Å². The zero-order valence-electron chi connectivity index (χ0n) is 12.0. The summed E-state index contributed by atoms with van der Waals surface area (Å²) in [4.78, 5) is 2.39. The largest absolute Gasteiger partial charge is 0.371 e. The van der Waals surface area contributed by atoms with Gasteiger partial charge in [0.05, 0.1) is 0 Å². The van der Waals surface area contributed by atoms with Gasteiger partial charge in [-0.05, 0) is 38.4 Å². The quantitative estimate of drug-likeness (QED) is 0.841. The van der Waals surface area contributed by atoms with Crippen LogP contribution in [-0.2, 0) is 6.54 Å². The third-order valence-electron chi connectivity index (χ3n) is 3.56. The molecule has 0 heterocycles. The van der Waals surface area contributed by atoms with Crippen molar-refractivity contribution in [1.82, 2.24) is 5.32 Å². The fourth-order valence-electron chi connectivity index (χ4n) is 2.06. The van der Waals surface area contributed by atoms with Crippen LogP contribution in [0.25, 0.3) is 0 Å². The Morgan fingerprint density at radius 3 is 2.41 bits per heavy atom. The van der Waals surface area contributed by atoms with Gasteiger partial charge in [0.15, 0.2) is 0 Å². The fourth-order valence-corrected chi connectivity index (χ4v) is 2.06. The molecule has 0 aliphatic carbocycles. The lowest BCUT2D eigenvalue weighted by Gasteiger charge is -2.32. The van der Waals surface area contributed by atoms with Gasteiger partial charge in [0.1, 0.15) is 0 Å². The summed E-state index contributed by atoms with van der Waals surface area (Å²) in [5, 5.41) is 3.25. The van der Waals surface area contributed by atoms with E-state index in [4.69, 9.17) is 0 Å². The average molecular weight is 234 g/mol. The van der Waals surface area contributed by atoms with Crippen molar-refractivity contribution in [2.45, 2.75) is 40.3 Å². The van der Waals surface area contributed by atoms with Gasteiger partial charge >= 0.3 is 0 Å². The zero-order chi connectivity index (χ0) is 13.0. The lowest BCUT2D eigenvalue weighted by molar-refractivity contribution is 0.504. The second-order valence-electron chi connectivity index (χ2n) is 5.26. The Kier molecular flexibility index (Phi) is 5.01. The first-order chi connectivity index (χ1) is 7.97. The topological polar surface area (TPSA) is 15.3 Å². The maximum atomic E-state index is 3.25. The van der Waals surface area contributed by atoms with Crippen molar-refractivity contribution in [2.24, 2.45) is 5.92 Å². The number of hydrogen-bond donors (Lipinski definition) is 1. The Morgan fingerprint density at radius 2 is 1.88 bits per heavy atom. The third kappa shape index (κ3) is 3.47. The van der Waals surface area contributed by atoms with Gasteiger partial charge in [0, 0.05) is 25.3 Å². The number of rotatable bonds is 5. The molecule has 2 nitrogen and oxygen atoms in total. The molecule has 0 aliphatic rings. The van der Waals surface area contributed by atoms with E-state index in [-0.39, 0.29) is 0 Å². The van der Waals surface area contributed by atoms with Crippen LogP contribution in [0.15, 0.2) is 18.2 Å². The van der Waals surface area contributed by atoms with Crippen LogP contribution < -0.4 is 10.2 Å². The molecular weight excluding hydrogens is 208 g/mol. The molecular formula is C15H26N2. The molecule has 1 unspecified atom stereocenters. The summed E-state index contributed by atoms with van der Waals surface area (Å²) in [6.07, 6.45) is 0. The molecule has 0 spiro atoms. The first-order valence-electron chi connectivity index (χ1n) is 6.44. The smallest absolute Gasteiger partial charge is 0.0411 e. The zero-order valence-corrected chi connectivity index (χ0v) is 12.0. The molecule has 1 atom stereocenters. The fraction of sp³-hybridized carbons (Fsp3) is 0.600. The summed E-state index contributed by atoms with van der Waals surface area (Å²) >= 11 is 0. The Morgan fingerprint density at radius 1 is 1.24 bits per heavy atom. The Balaban J connectivity index is 3.03. The van der Waals surface area contributed by atoms with Crippen molar-refractivity contribution in [3.8, 4) is 0 Å². The number of nitrogens with zero attached hydrogens (tertiary/aromatic N) is 1. The maximum Gasteiger partial charge on any atom is 0.0411 e. The van der Waals surface area contributed by atoms with E-state index in [1.165, 1.54) is 16.8 Å². The molecule has 17 heavy (non-hydrogen) atoms. The van der Waals surface area contributed by atoms with E-state index >= 15 is 0 Å². The van der Waals surface area contributed by atoms with Crippen molar-refractivity contribution in [1.29, 1.82) is 0 Å². The van der Waals surface area contributed by atoms with Crippen LogP contribution in [0, 0.1) is 12.8 Å². The molecule has 0 radical (unpaired) electrons. The molecule has 2 heteroatoms. The highest BCUT2D eigenvalue weighted by Gasteiger charge is 2.16. The lowest BCUT2D eigenvalue weighted by atomic mass is 10.0. The van der Waals surface area contributed by atoms with Crippen molar-refractivity contribution in [3.05, 3.63) is 29.3 Å². The summed E-state index contributed by atoms with van der Waals surface area (Å²) in [6.45, 7) is 9.90. The van der Waals surface area contributed by atoms with Crippen LogP contribution in [-0.4, -0.2) is 20.1 Å². The Hall–Kier alpha value is -1.02. The molecule has 0 aliphatic heterocycles. The summed E-state index contributed by atoms with van der Waals surface area (Å²) < 4.78 is 0. The van der Waals surface area contributed by atoms with Crippen molar-refractivity contribution >= 4 is 5.69 Å². The molecule has 0 aromatic heterocycles. The Labute approximate surface area is 106 Å². The van der Waals surface area contributed by atoms with E-state index in [0.29, 0.717) is 12.0 Å². The number of nitrogens with one attached hydrogen (secondary N) is 1. The monoisotopic (exact) mass is 234 g/mol. The molecule has 0 saturated carbocycles. The highest BCUT2D eigenvalue weighted by Crippen LogP contribution is 2.24. The summed E-state index contributed by atoms with van der Waals surface area (Å²) in [5.74, 6) is 0.656. The highest BCUT2D eigenvalue weighted by atomic mass is 15.1. The first kappa shape index (κ1) is 14.0. The Bertz CT molecular complexity index is 358. The van der Waals surface area contributed by atoms with Crippen LogP contribution in [0.2, 0.25) is 0 Å². The lowest BCUT2D eigenvalue weighted by Crippen LogP contribution is -2.34. The van der Waals surface area contributed by atoms with Crippen LogP contribution in [0.1, 0.15) is 31.9 Å². The molecule has 0 amide bonds. The van der Waals surface area contributed by atoms with Crippen molar-refractivity contribution in [2.75, 3.05) is 19.0 Å². The van der Waals surface area contributed by atoms with Crippen molar-refractivity contribution in [3.63, 3.8) is 0 Å². The highest BCUT2D eigenvalue weighted by molar-refractivity contribution is 5.55. The standard InChI is InChI=1S/C15H26N2/c1-11(2)13(4)17(6)15-8-7-12(3)9-14(15)10-16-5/h7-9,11,13,16H,10H2,1-6H3. The van der Waals surface area contributed by atoms with E-state index in [1.807, 2.05) is 7.05 Å². The number of aryl methyl sites for hydroxylation is 1. The normalized spacial score (nSPS) is 12.9. The van der Waals surface area contributed by atoms with Gasteiger partial charge in [-0.25, -0.2) is 0 Å². The van der Waals surface area contributed by atoms with Gasteiger partial charge in [0.2, 0.25) is 0 Å². The van der Waals surface area contributed by atoms with E-state index in [1.54, 1.807) is 0 Å². The molecule has 1 aromatic rings. The van der Waals surface area contributed by atoms with Crippen LogP contribution in [0.5, 0.6) is 0 Å². The van der Waals surface area contributed by atoms with Gasteiger partial charge in [0.25, 0.3) is 0 Å². The maximum absolute atomic E-state index is 3.25. The third-order valence-corrected chi connectivity index (χ3v) is 3.56. The molecule has 1 aromatic carbocycles. The summed E-state index contributed by atoms with van der Waals surface area (Å²) in [5.41, 5.74) is 4.04. The number of anilines is 1. The molecule has 1 rings (SSSR count). The first-order valence-corrected chi connectivity index (χ1v) is 6.44. The van der Waals surface area contributed by atoms with Gasteiger partial charge in [-0.15, -0.1) is 0 Å². The second kappa shape index (κ2) is 6.06. The van der Waals surface area contributed by atoms with E-state index in [0.717, 1.165) is 6.54 Å². The molecule has 1 N–H and O–H groups in total. The minimum Gasteiger partial charge on any atom is -0.371 e. The van der Waals surface area contributed by atoms with Gasteiger partial charge in [-0.2, -0.15) is 0 Å². The molecule has 96 valence electrons. The summed E-state index contributed by atoms with van der Waals surface area (Å²) in [7, 11) is 4.19. The van der Waals surface area contributed by atoms with E-state index in [2.05, 4.69) is 63.2 Å². The molecule has 0 bridgehead atoms. The predicted molar refractivity (Wildman–Crippen MR) is 76.6 cm³/mol. The van der Waals surface area contributed by atoms with E-state index in [9.17, 15) is 0 Å². The van der Waals surface area contributed by atoms with E-state index < -0.39 is 0 Å². The second-order valence-corrected chi connectivity index (χ2v) is 5.26. The molecule has 0 saturated heterocycles. The van der Waals surface area contributed by atoms with Crippen LogP contribution in [0.3, 0.4) is 0 Å². The molecule has 0 fully saturated rings. The van der Waals surface area contributed by atoms with Gasteiger partial charge in [-0.1, -0.05) is 31.5 Å². The number of hydrogen-bond acceptors (Lipinski definition) is 2. The average Bonchev–Trinajstić information content (AvgIpc) is 2.27. The van der Waals surface area contributed by atoms with Crippen LogP contribution >= 0.6 is 0 Å². The SMILES string of the molecule is CNCc1cc(C)ccc1N(C)C(C)C(C)C.